The Morgan fingerprint density at radius 1 is 1.12 bits per heavy atom. The summed E-state index contributed by atoms with van der Waals surface area (Å²) in [7, 11) is 0. The zero-order chi connectivity index (χ0) is 17.1. The molecule has 1 saturated heterocycles. The molecule has 2 aromatic rings. The maximum absolute atomic E-state index is 13.5. The molecule has 1 N–H and O–H groups in total. The molecule has 4 nitrogen and oxygen atoms in total. The maximum atomic E-state index is 13.5. The van der Waals surface area contributed by atoms with Crippen molar-refractivity contribution < 1.29 is 18.4 Å². The number of halogens is 2. The Labute approximate surface area is 138 Å². The van der Waals surface area contributed by atoms with Crippen molar-refractivity contribution in [1.29, 1.82) is 0 Å². The lowest BCUT2D eigenvalue weighted by Gasteiger charge is -2.15. The molecule has 0 bridgehead atoms. The van der Waals surface area contributed by atoms with E-state index in [0.29, 0.717) is 13.0 Å². The van der Waals surface area contributed by atoms with Gasteiger partial charge in [-0.15, -0.1) is 0 Å². The normalized spacial score (nSPS) is 14.1. The Hall–Kier alpha value is -2.76. The molecule has 0 atom stereocenters. The van der Waals surface area contributed by atoms with Crippen molar-refractivity contribution in [3.05, 3.63) is 59.7 Å². The lowest BCUT2D eigenvalue weighted by atomic mass is 10.1. The topological polar surface area (TPSA) is 49.4 Å². The third-order valence-corrected chi connectivity index (χ3v) is 3.89. The van der Waals surface area contributed by atoms with Gasteiger partial charge in [-0.2, -0.15) is 0 Å². The third-order valence-electron chi connectivity index (χ3n) is 3.89. The second-order valence-corrected chi connectivity index (χ2v) is 5.66. The molecule has 1 heterocycles. The maximum Gasteiger partial charge on any atom is 0.228 e. The van der Waals surface area contributed by atoms with E-state index < -0.39 is 17.5 Å². The fourth-order valence-corrected chi connectivity index (χ4v) is 2.69. The van der Waals surface area contributed by atoms with Gasteiger partial charge in [0, 0.05) is 24.7 Å². The molecule has 1 aliphatic rings. The number of anilines is 2. The number of carbonyl (C=O) groups is 2. The molecule has 0 unspecified atom stereocenters. The van der Waals surface area contributed by atoms with Crippen LogP contribution in [0.15, 0.2) is 42.5 Å². The average molecular weight is 330 g/mol. The van der Waals surface area contributed by atoms with Crippen LogP contribution in [-0.2, 0) is 16.0 Å². The molecule has 2 aromatic carbocycles. The Morgan fingerprint density at radius 3 is 2.54 bits per heavy atom. The zero-order valence-electron chi connectivity index (χ0n) is 12.9. The zero-order valence-corrected chi connectivity index (χ0v) is 12.9. The molecule has 1 fully saturated rings. The Kier molecular flexibility index (Phi) is 4.55. The van der Waals surface area contributed by atoms with E-state index in [4.69, 9.17) is 0 Å². The van der Waals surface area contributed by atoms with E-state index in [1.807, 2.05) is 0 Å². The summed E-state index contributed by atoms with van der Waals surface area (Å²) >= 11 is 0. The molecule has 2 amide bonds. The fourth-order valence-electron chi connectivity index (χ4n) is 2.69. The number of rotatable bonds is 4. The number of nitrogens with zero attached hydrogens (tertiary/aromatic N) is 1. The average Bonchev–Trinajstić information content (AvgIpc) is 2.98. The van der Waals surface area contributed by atoms with Crippen LogP contribution in [0, 0.1) is 11.6 Å². The van der Waals surface area contributed by atoms with Crippen LogP contribution >= 0.6 is 0 Å². The molecule has 124 valence electrons. The largest absolute Gasteiger partial charge is 0.323 e. The van der Waals surface area contributed by atoms with Gasteiger partial charge in [0.2, 0.25) is 11.8 Å². The number of nitrogens with one attached hydrogen (secondary N) is 1. The van der Waals surface area contributed by atoms with Gasteiger partial charge in [0.05, 0.1) is 12.1 Å². The molecule has 0 spiro atoms. The van der Waals surface area contributed by atoms with Gasteiger partial charge in [-0.1, -0.05) is 12.1 Å². The summed E-state index contributed by atoms with van der Waals surface area (Å²) in [5.74, 6) is -1.65. The van der Waals surface area contributed by atoms with E-state index in [0.717, 1.165) is 35.9 Å². The van der Waals surface area contributed by atoms with Gasteiger partial charge in [0.15, 0.2) is 0 Å². The Balaban J connectivity index is 1.64. The summed E-state index contributed by atoms with van der Waals surface area (Å²) in [6.07, 6.45) is 1.44. The van der Waals surface area contributed by atoms with Crippen molar-refractivity contribution in [2.75, 3.05) is 16.8 Å². The van der Waals surface area contributed by atoms with Crippen LogP contribution in [0.5, 0.6) is 0 Å². The number of hydrogen-bond donors (Lipinski definition) is 1. The van der Waals surface area contributed by atoms with Gasteiger partial charge >= 0.3 is 0 Å². The minimum atomic E-state index is -0.687. The van der Waals surface area contributed by atoms with Gasteiger partial charge in [-0.3, -0.25) is 9.59 Å². The molecule has 24 heavy (non-hydrogen) atoms. The molecular formula is C18H16F2N2O2. The quantitative estimate of drug-likeness (QED) is 0.935. The van der Waals surface area contributed by atoms with E-state index in [-0.39, 0.29) is 18.0 Å². The van der Waals surface area contributed by atoms with E-state index in [1.54, 1.807) is 29.2 Å². The van der Waals surface area contributed by atoms with Crippen molar-refractivity contribution in [2.45, 2.75) is 19.3 Å². The van der Waals surface area contributed by atoms with Crippen LogP contribution in [0.25, 0.3) is 0 Å². The fraction of sp³-hybridized carbons (Fsp3) is 0.222. The smallest absolute Gasteiger partial charge is 0.228 e. The summed E-state index contributed by atoms with van der Waals surface area (Å²) in [5, 5.41) is 2.36. The molecule has 0 aromatic heterocycles. The summed E-state index contributed by atoms with van der Waals surface area (Å²) in [5.41, 5.74) is 1.34. The SMILES string of the molecule is O=C(Cc1ccc(N2CCCC2=O)cc1)Nc1cc(F)ccc1F. The number of carbonyl (C=O) groups excluding carboxylic acids is 2. The van der Waals surface area contributed by atoms with Crippen LogP contribution in [0.3, 0.4) is 0 Å². The molecule has 3 rings (SSSR count). The highest BCUT2D eigenvalue weighted by Gasteiger charge is 2.21. The van der Waals surface area contributed by atoms with Crippen LogP contribution in [-0.4, -0.2) is 18.4 Å². The predicted octanol–water partition coefficient (Wildman–Crippen LogP) is 3.27. The highest BCUT2D eigenvalue weighted by molar-refractivity contribution is 5.95. The summed E-state index contributed by atoms with van der Waals surface area (Å²) in [6, 6.07) is 9.97. The highest BCUT2D eigenvalue weighted by atomic mass is 19.1. The van der Waals surface area contributed by atoms with E-state index in [9.17, 15) is 18.4 Å². The molecule has 1 aliphatic heterocycles. The summed E-state index contributed by atoms with van der Waals surface area (Å²) < 4.78 is 26.6. The van der Waals surface area contributed by atoms with Gasteiger partial charge in [-0.05, 0) is 36.2 Å². The number of amides is 2. The van der Waals surface area contributed by atoms with Crippen LogP contribution < -0.4 is 10.2 Å². The van der Waals surface area contributed by atoms with E-state index >= 15 is 0 Å². The number of hydrogen-bond acceptors (Lipinski definition) is 2. The molecule has 0 saturated carbocycles. The first kappa shape index (κ1) is 16.1. The van der Waals surface area contributed by atoms with Crippen molar-refractivity contribution in [3.8, 4) is 0 Å². The number of benzene rings is 2. The van der Waals surface area contributed by atoms with Gasteiger partial charge < -0.3 is 10.2 Å². The second kappa shape index (κ2) is 6.78. The minimum absolute atomic E-state index is 0.0319. The first-order valence-corrected chi connectivity index (χ1v) is 7.67. The molecule has 0 aliphatic carbocycles. The van der Waals surface area contributed by atoms with Crippen molar-refractivity contribution in [3.63, 3.8) is 0 Å². The van der Waals surface area contributed by atoms with Crippen molar-refractivity contribution >= 4 is 23.2 Å². The van der Waals surface area contributed by atoms with Crippen LogP contribution in [0.1, 0.15) is 18.4 Å². The standard InChI is InChI=1S/C18H16F2N2O2/c19-13-5-8-15(20)16(11-13)21-17(23)10-12-3-6-14(7-4-12)22-9-1-2-18(22)24/h3-8,11H,1-2,9-10H2,(H,21,23). The monoisotopic (exact) mass is 330 g/mol. The van der Waals surface area contributed by atoms with Crippen molar-refractivity contribution in [1.82, 2.24) is 0 Å². The highest BCUT2D eigenvalue weighted by Crippen LogP contribution is 2.22. The van der Waals surface area contributed by atoms with Gasteiger partial charge in [0.25, 0.3) is 0 Å². The minimum Gasteiger partial charge on any atom is -0.323 e. The first-order valence-electron chi connectivity index (χ1n) is 7.67. The lowest BCUT2D eigenvalue weighted by Crippen LogP contribution is -2.23. The lowest BCUT2D eigenvalue weighted by molar-refractivity contribution is -0.117. The third kappa shape index (κ3) is 3.59. The molecular weight excluding hydrogens is 314 g/mol. The van der Waals surface area contributed by atoms with Crippen LogP contribution in [0.4, 0.5) is 20.2 Å². The Bertz CT molecular complexity index is 775. The first-order chi connectivity index (χ1) is 11.5. The van der Waals surface area contributed by atoms with Crippen LogP contribution in [0.2, 0.25) is 0 Å². The van der Waals surface area contributed by atoms with Gasteiger partial charge in [-0.25, -0.2) is 8.78 Å². The van der Waals surface area contributed by atoms with Crippen molar-refractivity contribution in [2.24, 2.45) is 0 Å². The van der Waals surface area contributed by atoms with E-state index in [2.05, 4.69) is 5.32 Å². The van der Waals surface area contributed by atoms with E-state index in [1.165, 1.54) is 0 Å². The second-order valence-electron chi connectivity index (χ2n) is 5.66. The summed E-state index contributed by atoms with van der Waals surface area (Å²) in [4.78, 5) is 25.4. The van der Waals surface area contributed by atoms with Gasteiger partial charge in [0.1, 0.15) is 11.6 Å². The molecule has 6 heteroatoms. The Morgan fingerprint density at radius 2 is 1.88 bits per heavy atom. The molecule has 0 radical (unpaired) electrons. The predicted molar refractivity (Wildman–Crippen MR) is 86.7 cm³/mol. The summed E-state index contributed by atoms with van der Waals surface area (Å²) in [6.45, 7) is 0.706.